The van der Waals surface area contributed by atoms with Crippen molar-refractivity contribution in [3.63, 3.8) is 0 Å². The molecule has 192 valence electrons. The number of carbonyl (C=O) groups is 1. The number of aliphatic hydroxyl groups is 1. The molecule has 36 heavy (non-hydrogen) atoms. The predicted octanol–water partition coefficient (Wildman–Crippen LogP) is 5.28. The Labute approximate surface area is 219 Å². The molecule has 0 saturated heterocycles. The molecule has 0 aliphatic heterocycles. The molecule has 3 aromatic carbocycles. The summed E-state index contributed by atoms with van der Waals surface area (Å²) in [6, 6.07) is 21.8. The lowest BCUT2D eigenvalue weighted by atomic mass is 9.78. The fourth-order valence-corrected chi connectivity index (χ4v) is 4.23. The first-order chi connectivity index (χ1) is 16.7. The van der Waals surface area contributed by atoms with E-state index in [1.165, 1.54) is 0 Å². The van der Waals surface area contributed by atoms with Crippen LogP contribution in [-0.2, 0) is 16.0 Å². The highest BCUT2D eigenvalue weighted by molar-refractivity contribution is 5.85. The number of nitrogens with zero attached hydrogens (tertiary/aromatic N) is 1. The molecule has 6 nitrogen and oxygen atoms in total. The molecule has 3 rings (SSSR count). The van der Waals surface area contributed by atoms with E-state index in [0.29, 0.717) is 30.8 Å². The number of ether oxygens (including phenoxy) is 2. The van der Waals surface area contributed by atoms with Gasteiger partial charge in [0.25, 0.3) is 0 Å². The molecule has 0 aliphatic rings. The minimum absolute atomic E-state index is 0. The van der Waals surface area contributed by atoms with Crippen molar-refractivity contribution < 1.29 is 19.4 Å². The molecule has 0 fully saturated rings. The number of hydrogen-bond donors (Lipinski definition) is 2. The van der Waals surface area contributed by atoms with Gasteiger partial charge in [0.1, 0.15) is 18.4 Å². The topological polar surface area (TPSA) is 106 Å². The molecule has 0 radical (unpaired) electrons. The van der Waals surface area contributed by atoms with E-state index in [2.05, 4.69) is 36.4 Å². The maximum Gasteiger partial charge on any atom is 0.306 e. The number of aliphatic hydroxyl groups excluding tert-OH is 1. The Hall–Kier alpha value is -3.11. The molecular formula is C29H35ClN2O4. The van der Waals surface area contributed by atoms with Crippen molar-refractivity contribution in [1.82, 2.24) is 0 Å². The van der Waals surface area contributed by atoms with Gasteiger partial charge in [0, 0.05) is 17.9 Å². The maximum absolute atomic E-state index is 11.7. The van der Waals surface area contributed by atoms with Gasteiger partial charge in [-0.25, -0.2) is 0 Å². The molecule has 0 bridgehead atoms. The zero-order valence-electron chi connectivity index (χ0n) is 21.1. The zero-order chi connectivity index (χ0) is 25.4. The number of benzene rings is 3. The quantitative estimate of drug-likeness (QED) is 0.340. The third-order valence-electron chi connectivity index (χ3n) is 6.10. The number of hydrogen-bond acceptors (Lipinski definition) is 6. The molecule has 7 heteroatoms. The highest BCUT2D eigenvalue weighted by atomic mass is 35.5. The Balaban J connectivity index is 0.00000456. The van der Waals surface area contributed by atoms with E-state index in [1.54, 1.807) is 25.1 Å². The van der Waals surface area contributed by atoms with Gasteiger partial charge in [-0.15, -0.1) is 12.4 Å². The van der Waals surface area contributed by atoms with Gasteiger partial charge in [0.05, 0.1) is 18.3 Å². The molecule has 0 aliphatic carbocycles. The third kappa shape index (κ3) is 7.96. The van der Waals surface area contributed by atoms with Crippen LogP contribution in [0, 0.1) is 11.3 Å². The average molecular weight is 511 g/mol. The van der Waals surface area contributed by atoms with E-state index in [4.69, 9.17) is 15.2 Å². The van der Waals surface area contributed by atoms with Crippen LogP contribution < -0.4 is 10.5 Å². The van der Waals surface area contributed by atoms with Crippen molar-refractivity contribution in [3.05, 3.63) is 77.4 Å². The first-order valence-electron chi connectivity index (χ1n) is 12.0. The second-order valence-electron chi connectivity index (χ2n) is 9.43. The van der Waals surface area contributed by atoms with Crippen LogP contribution in [0.15, 0.2) is 60.7 Å². The SMILES string of the molecule is CCOC(=O)CCc1ccc(C#N)c(OCC(O)C[C@H](c2ccc3ccccc3c2)C(C)(C)N)c1.Cl. The lowest BCUT2D eigenvalue weighted by Crippen LogP contribution is -2.41. The summed E-state index contributed by atoms with van der Waals surface area (Å²) >= 11 is 0. The molecule has 0 heterocycles. The Bertz CT molecular complexity index is 1200. The van der Waals surface area contributed by atoms with Gasteiger partial charge in [-0.2, -0.15) is 5.26 Å². The molecule has 3 aromatic rings. The van der Waals surface area contributed by atoms with Crippen molar-refractivity contribution in [1.29, 1.82) is 5.26 Å². The Morgan fingerprint density at radius 1 is 1.11 bits per heavy atom. The molecule has 0 aromatic heterocycles. The Kier molecular flexibility index (Phi) is 10.7. The van der Waals surface area contributed by atoms with Crippen molar-refractivity contribution in [2.45, 2.75) is 57.6 Å². The van der Waals surface area contributed by atoms with Gasteiger partial charge in [0.15, 0.2) is 0 Å². The summed E-state index contributed by atoms with van der Waals surface area (Å²) < 4.78 is 10.9. The number of fused-ring (bicyclic) bond motifs is 1. The summed E-state index contributed by atoms with van der Waals surface area (Å²) in [6.45, 7) is 6.06. The fourth-order valence-electron chi connectivity index (χ4n) is 4.23. The van der Waals surface area contributed by atoms with E-state index in [9.17, 15) is 15.2 Å². The second-order valence-corrected chi connectivity index (χ2v) is 9.43. The molecule has 0 saturated carbocycles. The van der Waals surface area contributed by atoms with E-state index < -0.39 is 11.6 Å². The number of esters is 1. The van der Waals surface area contributed by atoms with Gasteiger partial charge >= 0.3 is 5.97 Å². The van der Waals surface area contributed by atoms with E-state index in [1.807, 2.05) is 26.0 Å². The summed E-state index contributed by atoms with van der Waals surface area (Å²) in [4.78, 5) is 11.7. The normalized spacial score (nSPS) is 12.8. The van der Waals surface area contributed by atoms with Crippen molar-refractivity contribution >= 4 is 29.1 Å². The molecule has 2 atom stereocenters. The Morgan fingerprint density at radius 3 is 2.50 bits per heavy atom. The number of rotatable bonds is 11. The monoisotopic (exact) mass is 510 g/mol. The minimum Gasteiger partial charge on any atom is -0.489 e. The summed E-state index contributed by atoms with van der Waals surface area (Å²) in [5.74, 6) is 0.0260. The van der Waals surface area contributed by atoms with E-state index in [0.717, 1.165) is 21.9 Å². The van der Waals surface area contributed by atoms with Crippen LogP contribution in [0.5, 0.6) is 5.75 Å². The lowest BCUT2D eigenvalue weighted by molar-refractivity contribution is -0.143. The molecule has 3 N–H and O–H groups in total. The maximum atomic E-state index is 11.7. The first-order valence-corrected chi connectivity index (χ1v) is 12.0. The molecule has 0 spiro atoms. The number of carbonyl (C=O) groups excluding carboxylic acids is 1. The van der Waals surface area contributed by atoms with Gasteiger partial charge in [-0.05, 0) is 67.6 Å². The molecule has 0 amide bonds. The largest absolute Gasteiger partial charge is 0.489 e. The second kappa shape index (κ2) is 13.3. The lowest BCUT2D eigenvalue weighted by Gasteiger charge is -2.33. The Morgan fingerprint density at radius 2 is 1.83 bits per heavy atom. The van der Waals surface area contributed by atoms with E-state index in [-0.39, 0.29) is 37.3 Å². The number of nitrogens with two attached hydrogens (primary N) is 1. The van der Waals surface area contributed by atoms with Gasteiger partial charge < -0.3 is 20.3 Å². The molecular weight excluding hydrogens is 476 g/mol. The number of halogens is 1. The highest BCUT2D eigenvalue weighted by Gasteiger charge is 2.29. The fraction of sp³-hybridized carbons (Fsp3) is 0.379. The van der Waals surface area contributed by atoms with Gasteiger partial charge in [-0.3, -0.25) is 4.79 Å². The minimum atomic E-state index is -0.788. The van der Waals surface area contributed by atoms with Crippen LogP contribution in [-0.4, -0.2) is 35.9 Å². The van der Waals surface area contributed by atoms with Crippen LogP contribution in [0.4, 0.5) is 0 Å². The predicted molar refractivity (Wildman–Crippen MR) is 144 cm³/mol. The first kappa shape index (κ1) is 29.1. The van der Waals surface area contributed by atoms with Crippen molar-refractivity contribution in [3.8, 4) is 11.8 Å². The van der Waals surface area contributed by atoms with Crippen molar-refractivity contribution in [2.24, 2.45) is 5.73 Å². The van der Waals surface area contributed by atoms with Crippen LogP contribution in [0.1, 0.15) is 56.2 Å². The standard InChI is InChI=1S/C29H34N2O4.ClH/c1-4-34-28(33)14-10-20-9-11-24(18-30)27(15-20)35-19-25(32)17-26(29(2,3)31)23-13-12-21-7-5-6-8-22(21)16-23;/h5-9,11-13,15-16,25-26,32H,4,10,14,17,19,31H2,1-3H3;1H/t25?,26-;/m1./s1. The van der Waals surface area contributed by atoms with Crippen LogP contribution in [0.2, 0.25) is 0 Å². The number of nitriles is 1. The van der Waals surface area contributed by atoms with E-state index >= 15 is 0 Å². The zero-order valence-corrected chi connectivity index (χ0v) is 21.9. The third-order valence-corrected chi connectivity index (χ3v) is 6.10. The van der Waals surface area contributed by atoms with Gasteiger partial charge in [0.2, 0.25) is 0 Å². The summed E-state index contributed by atoms with van der Waals surface area (Å²) in [5.41, 5.74) is 8.26. The average Bonchev–Trinajstić information content (AvgIpc) is 2.84. The van der Waals surface area contributed by atoms with Crippen LogP contribution in [0.3, 0.4) is 0 Å². The molecule has 1 unspecified atom stereocenters. The van der Waals surface area contributed by atoms with Crippen LogP contribution >= 0.6 is 12.4 Å². The van der Waals surface area contributed by atoms with Crippen LogP contribution in [0.25, 0.3) is 10.8 Å². The summed E-state index contributed by atoms with van der Waals surface area (Å²) in [7, 11) is 0. The van der Waals surface area contributed by atoms with Gasteiger partial charge in [-0.1, -0.05) is 48.5 Å². The smallest absolute Gasteiger partial charge is 0.306 e. The number of aryl methyl sites for hydroxylation is 1. The summed E-state index contributed by atoms with van der Waals surface area (Å²) in [5, 5.41) is 22.6. The van der Waals surface area contributed by atoms with Crippen molar-refractivity contribution in [2.75, 3.05) is 13.2 Å². The highest BCUT2D eigenvalue weighted by Crippen LogP contribution is 2.33. The summed E-state index contributed by atoms with van der Waals surface area (Å²) in [6.07, 6.45) is 0.353.